The Morgan fingerprint density at radius 1 is 1.36 bits per heavy atom. The number of rotatable bonds is 10. The van der Waals surface area contributed by atoms with Crippen molar-refractivity contribution in [3.8, 4) is 0 Å². The number of hydrogen-bond acceptors (Lipinski definition) is 8. The molecule has 1 aliphatic heterocycles. The Morgan fingerprint density at radius 3 is 2.82 bits per heavy atom. The van der Waals surface area contributed by atoms with Crippen LogP contribution in [0.3, 0.4) is 0 Å². The number of carbonyl (C=O) groups excluding carboxylic acids is 2. The summed E-state index contributed by atoms with van der Waals surface area (Å²) in [6.07, 6.45) is -2.48. The van der Waals surface area contributed by atoms with Crippen LogP contribution < -0.4 is 16.0 Å². The highest BCUT2D eigenvalue weighted by atomic mass is 32.1. The molecule has 1 fully saturated rings. The largest absolute Gasteiger partial charge is 0.377 e. The second kappa shape index (κ2) is 11.4. The fraction of sp³-hybridized carbons (Fsp3) is 0.524. The second-order valence-electron chi connectivity index (χ2n) is 7.73. The van der Waals surface area contributed by atoms with E-state index in [9.17, 15) is 23.5 Å². The fourth-order valence-electron chi connectivity index (χ4n) is 3.36. The molecule has 1 saturated heterocycles. The first kappa shape index (κ1) is 25.7. The van der Waals surface area contributed by atoms with Gasteiger partial charge in [0.25, 0.3) is 11.8 Å². The third kappa shape index (κ3) is 7.01. The highest BCUT2D eigenvalue weighted by molar-refractivity contribution is 7.14. The molecule has 1 aliphatic rings. The summed E-state index contributed by atoms with van der Waals surface area (Å²) < 4.78 is 32.1. The number of amides is 2. The first-order valence-electron chi connectivity index (χ1n) is 10.5. The van der Waals surface area contributed by atoms with E-state index in [1.165, 1.54) is 11.3 Å². The number of nitrogens with one attached hydrogen (secondary N) is 3. The van der Waals surface area contributed by atoms with Gasteiger partial charge in [0, 0.05) is 29.8 Å². The monoisotopic (exact) mass is 502 g/mol. The van der Waals surface area contributed by atoms with Gasteiger partial charge in [-0.1, -0.05) is 6.07 Å². The average molecular weight is 503 g/mol. The maximum absolute atomic E-state index is 13.3. The number of hydrogen-bond donors (Lipinski definition) is 4. The van der Waals surface area contributed by atoms with E-state index in [-0.39, 0.29) is 24.4 Å². The molecule has 12 heteroatoms. The molecule has 2 amide bonds. The molecule has 0 spiro atoms. The lowest BCUT2D eigenvalue weighted by Crippen LogP contribution is -2.53. The lowest BCUT2D eigenvalue weighted by Gasteiger charge is -2.35. The van der Waals surface area contributed by atoms with Crippen LogP contribution >= 0.6 is 22.7 Å². The Labute approximate surface area is 198 Å². The first-order valence-corrected chi connectivity index (χ1v) is 12.2. The van der Waals surface area contributed by atoms with E-state index in [4.69, 9.17) is 4.74 Å². The van der Waals surface area contributed by atoms with Gasteiger partial charge in [0.2, 0.25) is 5.91 Å². The Balaban J connectivity index is 1.57. The van der Waals surface area contributed by atoms with Gasteiger partial charge in [0.15, 0.2) is 6.23 Å². The molecule has 33 heavy (non-hydrogen) atoms. The van der Waals surface area contributed by atoms with Gasteiger partial charge in [-0.3, -0.25) is 14.9 Å². The predicted octanol–water partition coefficient (Wildman–Crippen LogP) is 1.79. The van der Waals surface area contributed by atoms with Gasteiger partial charge in [0.1, 0.15) is 0 Å². The number of ether oxygens (including phenoxy) is 1. The quantitative estimate of drug-likeness (QED) is 0.370. The van der Waals surface area contributed by atoms with E-state index in [0.29, 0.717) is 42.9 Å². The molecule has 3 atom stereocenters. The summed E-state index contributed by atoms with van der Waals surface area (Å²) in [5.41, 5.74) is 0. The van der Waals surface area contributed by atoms with Crippen molar-refractivity contribution in [1.82, 2.24) is 20.9 Å². The average Bonchev–Trinajstić information content (AvgIpc) is 3.47. The summed E-state index contributed by atoms with van der Waals surface area (Å²) in [5, 5.41) is 19.6. The summed E-state index contributed by atoms with van der Waals surface area (Å²) >= 11 is 2.65. The van der Waals surface area contributed by atoms with E-state index in [2.05, 4.69) is 16.0 Å². The molecule has 3 unspecified atom stereocenters. The summed E-state index contributed by atoms with van der Waals surface area (Å²) in [5.74, 6) is -3.66. The third-order valence-electron chi connectivity index (χ3n) is 5.18. The van der Waals surface area contributed by atoms with Crippen molar-refractivity contribution < 1.29 is 28.2 Å². The van der Waals surface area contributed by atoms with Crippen LogP contribution in [0.2, 0.25) is 0 Å². The topological polar surface area (TPSA) is 103 Å². The molecular formula is C21H28F2N4O4S2. The molecule has 4 N–H and O–H groups in total. The van der Waals surface area contributed by atoms with Crippen molar-refractivity contribution in [2.75, 3.05) is 33.4 Å². The molecule has 182 valence electrons. The van der Waals surface area contributed by atoms with Crippen molar-refractivity contribution >= 4 is 34.5 Å². The number of morpholine rings is 1. The van der Waals surface area contributed by atoms with E-state index >= 15 is 0 Å². The number of aliphatic hydroxyl groups is 1. The van der Waals surface area contributed by atoms with Crippen LogP contribution in [0.4, 0.5) is 8.78 Å². The van der Waals surface area contributed by atoms with Crippen LogP contribution in [-0.4, -0.2) is 73.4 Å². The summed E-state index contributed by atoms with van der Waals surface area (Å²) in [6, 6.07) is 6.77. The van der Waals surface area contributed by atoms with Gasteiger partial charge >= 0.3 is 0 Å². The minimum absolute atomic E-state index is 0.00683. The first-order chi connectivity index (χ1) is 15.7. The number of halogens is 2. The van der Waals surface area contributed by atoms with Gasteiger partial charge in [-0.2, -0.15) is 0 Å². The molecule has 0 aromatic carbocycles. The molecule has 3 heterocycles. The van der Waals surface area contributed by atoms with E-state index in [1.54, 1.807) is 24.1 Å². The van der Waals surface area contributed by atoms with Crippen molar-refractivity contribution in [1.29, 1.82) is 0 Å². The highest BCUT2D eigenvalue weighted by Gasteiger charge is 2.34. The SMILES string of the molecule is CNC(NC(O)C(C)(F)F)c1ccc(C(=O)NCC2COCCN2C(=O)Cc2cccs2)s1. The molecule has 0 radical (unpaired) electrons. The lowest BCUT2D eigenvalue weighted by atomic mass is 10.2. The van der Waals surface area contributed by atoms with Crippen molar-refractivity contribution in [2.24, 2.45) is 0 Å². The van der Waals surface area contributed by atoms with E-state index < -0.39 is 18.3 Å². The van der Waals surface area contributed by atoms with Crippen LogP contribution in [0.15, 0.2) is 29.6 Å². The minimum Gasteiger partial charge on any atom is -0.377 e. The normalized spacial score (nSPS) is 18.7. The third-order valence-corrected chi connectivity index (χ3v) is 7.21. The molecule has 2 aromatic rings. The Bertz CT molecular complexity index is 920. The zero-order chi connectivity index (χ0) is 24.0. The molecule has 3 rings (SSSR count). The summed E-state index contributed by atoms with van der Waals surface area (Å²) in [6.45, 7) is 2.11. The van der Waals surface area contributed by atoms with Crippen LogP contribution in [0.5, 0.6) is 0 Å². The number of thiophene rings is 2. The van der Waals surface area contributed by atoms with Gasteiger partial charge < -0.3 is 25.4 Å². The standard InChI is InChI=1S/C21H28F2N4O4S2/c1-21(22,23)20(30)26-18(24-2)15-5-6-16(33-15)19(29)25-11-13-12-31-8-7-27(13)17(28)10-14-4-3-9-32-14/h3-6,9,13,18,20,24,26,30H,7-8,10-12H2,1-2H3,(H,25,29). The van der Waals surface area contributed by atoms with Crippen LogP contribution in [0.1, 0.15) is 32.5 Å². The number of alkyl halides is 2. The highest BCUT2D eigenvalue weighted by Crippen LogP contribution is 2.24. The zero-order valence-corrected chi connectivity index (χ0v) is 20.0. The predicted molar refractivity (Wildman–Crippen MR) is 123 cm³/mol. The smallest absolute Gasteiger partial charge is 0.283 e. The second-order valence-corrected chi connectivity index (χ2v) is 9.88. The lowest BCUT2D eigenvalue weighted by molar-refractivity contribution is -0.138. The van der Waals surface area contributed by atoms with Gasteiger partial charge in [-0.15, -0.1) is 22.7 Å². The van der Waals surface area contributed by atoms with Crippen molar-refractivity contribution in [2.45, 2.75) is 37.7 Å². The molecule has 0 aliphatic carbocycles. The molecule has 0 saturated carbocycles. The minimum atomic E-state index is -3.32. The maximum Gasteiger partial charge on any atom is 0.283 e. The van der Waals surface area contributed by atoms with Gasteiger partial charge in [0.05, 0.1) is 36.7 Å². The van der Waals surface area contributed by atoms with Crippen molar-refractivity contribution in [3.05, 3.63) is 44.3 Å². The molecule has 2 aromatic heterocycles. The molecule has 8 nitrogen and oxygen atoms in total. The van der Waals surface area contributed by atoms with Crippen molar-refractivity contribution in [3.63, 3.8) is 0 Å². The number of carbonyl (C=O) groups is 2. The van der Waals surface area contributed by atoms with Crippen LogP contribution in [0.25, 0.3) is 0 Å². The van der Waals surface area contributed by atoms with Gasteiger partial charge in [-0.25, -0.2) is 8.78 Å². The van der Waals surface area contributed by atoms with Crippen LogP contribution in [-0.2, 0) is 16.0 Å². The number of aliphatic hydroxyl groups excluding tert-OH is 1. The van der Waals surface area contributed by atoms with Gasteiger partial charge in [-0.05, 0) is 30.6 Å². The Morgan fingerprint density at radius 2 is 2.15 bits per heavy atom. The Kier molecular flexibility index (Phi) is 8.90. The summed E-state index contributed by atoms with van der Waals surface area (Å²) in [7, 11) is 1.56. The summed E-state index contributed by atoms with van der Waals surface area (Å²) in [4.78, 5) is 29.1. The van der Waals surface area contributed by atoms with Crippen LogP contribution in [0, 0.1) is 0 Å². The van der Waals surface area contributed by atoms with E-state index in [0.717, 1.165) is 16.2 Å². The Hall–Kier alpha value is -1.96. The number of nitrogens with zero attached hydrogens (tertiary/aromatic N) is 1. The van der Waals surface area contributed by atoms with E-state index in [1.807, 2.05) is 17.5 Å². The zero-order valence-electron chi connectivity index (χ0n) is 18.3. The maximum atomic E-state index is 13.3. The molecular weight excluding hydrogens is 474 g/mol. The fourth-order valence-corrected chi connectivity index (χ4v) is 5.05. The molecule has 0 bridgehead atoms.